The fraction of sp³-hybridized carbons (Fsp3) is 0.455. The Morgan fingerprint density at radius 3 is 1.94 bits per heavy atom. The molecule has 0 saturated carbocycles. The minimum absolute atomic E-state index is 0. The Morgan fingerprint density at radius 1 is 1.12 bits per heavy atom. The summed E-state index contributed by atoms with van der Waals surface area (Å²) in [6, 6.07) is 0.572. The van der Waals surface area contributed by atoms with Gasteiger partial charge in [-0.3, -0.25) is 0 Å². The molecule has 0 unspecified atom stereocenters. The summed E-state index contributed by atoms with van der Waals surface area (Å²) in [5.74, 6) is -2.53. The molecule has 16 heavy (non-hydrogen) atoms. The van der Waals surface area contributed by atoms with Crippen LogP contribution in [-0.2, 0) is 0 Å². The monoisotopic (exact) mass is 253 g/mol. The lowest BCUT2D eigenvalue weighted by Crippen LogP contribution is -2.16. The summed E-state index contributed by atoms with van der Waals surface area (Å²) in [5.41, 5.74) is 5.41. The fourth-order valence-electron chi connectivity index (χ4n) is 1.53. The Balaban J connectivity index is 0.00000225. The average Bonchev–Trinajstić information content (AvgIpc) is 1.99. The molecule has 1 rings (SSSR count). The summed E-state index contributed by atoms with van der Waals surface area (Å²) < 4.78 is 39.1. The number of nitrogens with two attached hydrogens (primary N) is 1. The summed E-state index contributed by atoms with van der Waals surface area (Å²) >= 11 is 0. The summed E-state index contributed by atoms with van der Waals surface area (Å²) in [6.07, 6.45) is 0.458. The van der Waals surface area contributed by atoms with E-state index in [0.29, 0.717) is 18.6 Å². The maximum Gasteiger partial charge on any atom is 0.133 e. The molecule has 0 spiro atoms. The van der Waals surface area contributed by atoms with Crippen LogP contribution in [0.3, 0.4) is 0 Å². The van der Waals surface area contributed by atoms with Crippen molar-refractivity contribution in [2.45, 2.75) is 26.3 Å². The molecule has 5 heteroatoms. The van der Waals surface area contributed by atoms with Crippen molar-refractivity contribution in [3.8, 4) is 0 Å². The van der Waals surface area contributed by atoms with Gasteiger partial charge in [0.2, 0.25) is 0 Å². The van der Waals surface area contributed by atoms with Crippen molar-refractivity contribution in [3.63, 3.8) is 0 Å². The average molecular weight is 254 g/mol. The first-order valence-electron chi connectivity index (χ1n) is 4.81. The van der Waals surface area contributed by atoms with E-state index in [1.54, 1.807) is 0 Å². The minimum atomic E-state index is -0.925. The topological polar surface area (TPSA) is 26.0 Å². The second-order valence-electron chi connectivity index (χ2n) is 4.02. The van der Waals surface area contributed by atoms with Crippen LogP contribution in [0, 0.1) is 23.4 Å². The molecule has 0 heterocycles. The van der Waals surface area contributed by atoms with E-state index < -0.39 is 23.5 Å². The second-order valence-corrected chi connectivity index (χ2v) is 4.02. The van der Waals surface area contributed by atoms with Gasteiger partial charge in [-0.1, -0.05) is 13.8 Å². The van der Waals surface area contributed by atoms with Crippen molar-refractivity contribution in [3.05, 3.63) is 35.1 Å². The molecule has 0 aliphatic carbocycles. The van der Waals surface area contributed by atoms with Crippen LogP contribution in [0.15, 0.2) is 12.1 Å². The molecule has 92 valence electrons. The summed E-state index contributed by atoms with van der Waals surface area (Å²) in [7, 11) is 0. The van der Waals surface area contributed by atoms with Gasteiger partial charge in [0.1, 0.15) is 17.5 Å². The molecule has 0 aliphatic heterocycles. The van der Waals surface area contributed by atoms with Gasteiger partial charge < -0.3 is 5.73 Å². The number of benzene rings is 1. The molecule has 0 fully saturated rings. The van der Waals surface area contributed by atoms with Gasteiger partial charge in [-0.25, -0.2) is 13.2 Å². The molecule has 0 saturated heterocycles. The normalized spacial score (nSPS) is 12.4. The first kappa shape index (κ1) is 15.3. The highest BCUT2D eigenvalue weighted by molar-refractivity contribution is 5.85. The number of rotatable bonds is 3. The molecule has 1 aromatic carbocycles. The van der Waals surface area contributed by atoms with E-state index in [-0.39, 0.29) is 23.9 Å². The molecule has 1 atom stereocenters. The zero-order valence-electron chi connectivity index (χ0n) is 9.14. The third kappa shape index (κ3) is 3.68. The van der Waals surface area contributed by atoms with Crippen LogP contribution in [-0.4, -0.2) is 0 Å². The molecule has 0 aliphatic rings. The molecule has 2 N–H and O–H groups in total. The largest absolute Gasteiger partial charge is 0.324 e. The van der Waals surface area contributed by atoms with Crippen molar-refractivity contribution in [2.24, 2.45) is 11.7 Å². The van der Waals surface area contributed by atoms with Crippen LogP contribution >= 0.6 is 12.4 Å². The first-order valence-corrected chi connectivity index (χ1v) is 4.81. The third-order valence-corrected chi connectivity index (χ3v) is 2.14. The third-order valence-electron chi connectivity index (χ3n) is 2.14. The van der Waals surface area contributed by atoms with Crippen LogP contribution < -0.4 is 5.73 Å². The van der Waals surface area contributed by atoms with E-state index in [0.717, 1.165) is 0 Å². The number of hydrogen-bond donors (Lipinski definition) is 1. The van der Waals surface area contributed by atoms with Gasteiger partial charge in [-0.2, -0.15) is 0 Å². The van der Waals surface area contributed by atoms with E-state index >= 15 is 0 Å². The van der Waals surface area contributed by atoms with Crippen LogP contribution in [0.2, 0.25) is 0 Å². The van der Waals surface area contributed by atoms with Crippen LogP contribution in [0.4, 0.5) is 13.2 Å². The molecule has 1 nitrogen and oxygen atoms in total. The molecule has 0 aromatic heterocycles. The SMILES string of the molecule is CC(C)C[C@H](N)c1c(F)cc(F)cc1F.Cl. The minimum Gasteiger partial charge on any atom is -0.324 e. The lowest BCUT2D eigenvalue weighted by Gasteiger charge is -2.15. The van der Waals surface area contributed by atoms with Crippen molar-refractivity contribution in [1.29, 1.82) is 0 Å². The maximum absolute atomic E-state index is 13.3. The Labute approximate surface area is 99.2 Å². The second kappa shape index (κ2) is 6.11. The van der Waals surface area contributed by atoms with E-state index in [2.05, 4.69) is 0 Å². The van der Waals surface area contributed by atoms with Gasteiger partial charge in [-0.05, 0) is 12.3 Å². The molecular weight excluding hydrogens is 239 g/mol. The predicted octanol–water partition coefficient (Wildman–Crippen LogP) is 3.57. The smallest absolute Gasteiger partial charge is 0.133 e. The molecule has 0 radical (unpaired) electrons. The summed E-state index contributed by atoms with van der Waals surface area (Å²) in [6.45, 7) is 3.80. The Morgan fingerprint density at radius 2 is 1.56 bits per heavy atom. The van der Waals surface area contributed by atoms with E-state index in [4.69, 9.17) is 5.73 Å². The van der Waals surface area contributed by atoms with E-state index in [1.807, 2.05) is 13.8 Å². The summed E-state index contributed by atoms with van der Waals surface area (Å²) in [5, 5.41) is 0. The van der Waals surface area contributed by atoms with Gasteiger partial charge >= 0.3 is 0 Å². The van der Waals surface area contributed by atoms with Gasteiger partial charge in [0.25, 0.3) is 0 Å². The van der Waals surface area contributed by atoms with Gasteiger partial charge in [0.05, 0.1) is 0 Å². The standard InChI is InChI=1S/C11H14F3N.ClH/c1-6(2)3-10(15)11-8(13)4-7(12)5-9(11)14;/h4-6,10H,3,15H2,1-2H3;1H/t10-;/m0./s1. The van der Waals surface area contributed by atoms with Crippen molar-refractivity contribution < 1.29 is 13.2 Å². The Hall–Kier alpha value is -0.740. The highest BCUT2D eigenvalue weighted by Gasteiger charge is 2.18. The Kier molecular flexibility index (Phi) is 5.83. The zero-order valence-corrected chi connectivity index (χ0v) is 9.95. The van der Waals surface area contributed by atoms with Gasteiger partial charge in [0.15, 0.2) is 0 Å². The summed E-state index contributed by atoms with van der Waals surface area (Å²) in [4.78, 5) is 0. The van der Waals surface area contributed by atoms with E-state index in [1.165, 1.54) is 0 Å². The fourth-order valence-corrected chi connectivity index (χ4v) is 1.53. The lowest BCUT2D eigenvalue weighted by atomic mass is 9.97. The number of hydrogen-bond acceptors (Lipinski definition) is 1. The van der Waals surface area contributed by atoms with Crippen molar-refractivity contribution in [2.75, 3.05) is 0 Å². The van der Waals surface area contributed by atoms with Gasteiger partial charge in [-0.15, -0.1) is 12.4 Å². The van der Waals surface area contributed by atoms with Gasteiger partial charge in [0, 0.05) is 23.7 Å². The lowest BCUT2D eigenvalue weighted by molar-refractivity contribution is 0.455. The first-order chi connectivity index (χ1) is 6.91. The zero-order chi connectivity index (χ0) is 11.6. The molecule has 1 aromatic rings. The Bertz CT molecular complexity index is 332. The van der Waals surface area contributed by atoms with Crippen LogP contribution in [0.5, 0.6) is 0 Å². The predicted molar refractivity (Wildman–Crippen MR) is 59.9 cm³/mol. The van der Waals surface area contributed by atoms with Crippen molar-refractivity contribution in [1.82, 2.24) is 0 Å². The molecule has 0 amide bonds. The molecular formula is C11H15ClF3N. The van der Waals surface area contributed by atoms with Crippen LogP contribution in [0.25, 0.3) is 0 Å². The number of halogens is 4. The highest BCUT2D eigenvalue weighted by atomic mass is 35.5. The van der Waals surface area contributed by atoms with Crippen LogP contribution in [0.1, 0.15) is 31.9 Å². The van der Waals surface area contributed by atoms with Crippen molar-refractivity contribution >= 4 is 12.4 Å². The highest BCUT2D eigenvalue weighted by Crippen LogP contribution is 2.24. The quantitative estimate of drug-likeness (QED) is 0.876. The maximum atomic E-state index is 13.3. The molecule has 0 bridgehead atoms. The van der Waals surface area contributed by atoms with E-state index in [9.17, 15) is 13.2 Å².